The molecule has 0 aliphatic heterocycles. The lowest BCUT2D eigenvalue weighted by atomic mass is 10.1. The van der Waals surface area contributed by atoms with Crippen molar-refractivity contribution >= 4 is 0 Å². The van der Waals surface area contributed by atoms with Crippen LogP contribution in [0.3, 0.4) is 0 Å². The number of hydrogen-bond acceptors (Lipinski definition) is 3. The van der Waals surface area contributed by atoms with Gasteiger partial charge in [0, 0.05) is 25.0 Å². The second kappa shape index (κ2) is 7.15. The summed E-state index contributed by atoms with van der Waals surface area (Å²) in [4.78, 5) is 11.1. The first kappa shape index (κ1) is 14.7. The lowest BCUT2D eigenvalue weighted by molar-refractivity contribution is 0.238. The summed E-state index contributed by atoms with van der Waals surface area (Å²) < 4.78 is 0. The van der Waals surface area contributed by atoms with E-state index in [1.807, 2.05) is 19.3 Å². The van der Waals surface area contributed by atoms with E-state index in [-0.39, 0.29) is 0 Å². The van der Waals surface area contributed by atoms with E-state index in [9.17, 15) is 0 Å². The summed E-state index contributed by atoms with van der Waals surface area (Å²) in [6, 6.07) is 11.1. The lowest BCUT2D eigenvalue weighted by Crippen LogP contribution is -2.29. The largest absolute Gasteiger partial charge is 0.299 e. The predicted molar refractivity (Wildman–Crippen MR) is 82.5 cm³/mol. The van der Waals surface area contributed by atoms with E-state index in [0.29, 0.717) is 6.04 Å². The highest BCUT2D eigenvalue weighted by Gasteiger charge is 2.10. The summed E-state index contributed by atoms with van der Waals surface area (Å²) in [5.41, 5.74) is 3.41. The summed E-state index contributed by atoms with van der Waals surface area (Å²) in [6.45, 7) is 5.22. The third kappa shape index (κ3) is 4.42. The molecule has 0 saturated heterocycles. The first-order valence-corrected chi connectivity index (χ1v) is 7.17. The van der Waals surface area contributed by atoms with Crippen LogP contribution in [0, 0.1) is 6.92 Å². The van der Waals surface area contributed by atoms with E-state index in [1.165, 1.54) is 5.56 Å². The fourth-order valence-corrected chi connectivity index (χ4v) is 2.15. The maximum Gasteiger partial charge on any atom is 0.0587 e. The van der Waals surface area contributed by atoms with Crippen LogP contribution in [0.25, 0.3) is 0 Å². The Balaban J connectivity index is 1.82. The highest BCUT2D eigenvalue weighted by atomic mass is 15.1. The molecule has 20 heavy (non-hydrogen) atoms. The van der Waals surface area contributed by atoms with Crippen molar-refractivity contribution in [1.29, 1.82) is 0 Å². The summed E-state index contributed by atoms with van der Waals surface area (Å²) >= 11 is 0. The van der Waals surface area contributed by atoms with Crippen molar-refractivity contribution in [2.75, 3.05) is 7.05 Å². The molecule has 0 N–H and O–H groups in total. The molecule has 0 spiro atoms. The van der Waals surface area contributed by atoms with Gasteiger partial charge < -0.3 is 0 Å². The Hall–Kier alpha value is -1.74. The van der Waals surface area contributed by atoms with Crippen molar-refractivity contribution in [3.63, 3.8) is 0 Å². The maximum atomic E-state index is 4.41. The smallest absolute Gasteiger partial charge is 0.0587 e. The van der Waals surface area contributed by atoms with Gasteiger partial charge in [-0.25, -0.2) is 0 Å². The third-order valence-corrected chi connectivity index (χ3v) is 3.68. The van der Waals surface area contributed by atoms with Crippen molar-refractivity contribution in [2.24, 2.45) is 0 Å². The quantitative estimate of drug-likeness (QED) is 0.806. The fourth-order valence-electron chi connectivity index (χ4n) is 2.15. The summed E-state index contributed by atoms with van der Waals surface area (Å²) in [5.74, 6) is 0. The van der Waals surface area contributed by atoms with Gasteiger partial charge in [-0.15, -0.1) is 0 Å². The Morgan fingerprint density at radius 3 is 2.50 bits per heavy atom. The standard InChI is InChI=1S/C17H23N3/c1-14-11-19-17(12-18-14)10-9-15(2)20(3)13-16-7-5-4-6-8-16/h4-8,11-12,15H,9-10,13H2,1-3H3/t15-/m0/s1. The Labute approximate surface area is 121 Å². The van der Waals surface area contributed by atoms with Crippen LogP contribution in [-0.4, -0.2) is 28.0 Å². The van der Waals surface area contributed by atoms with Gasteiger partial charge >= 0.3 is 0 Å². The van der Waals surface area contributed by atoms with Crippen LogP contribution >= 0.6 is 0 Å². The minimum Gasteiger partial charge on any atom is -0.299 e. The molecule has 0 radical (unpaired) electrons. The molecule has 0 saturated carbocycles. The minimum atomic E-state index is 0.526. The van der Waals surface area contributed by atoms with E-state index in [0.717, 1.165) is 30.8 Å². The third-order valence-electron chi connectivity index (χ3n) is 3.68. The molecule has 2 aromatic rings. The zero-order valence-corrected chi connectivity index (χ0v) is 12.6. The number of hydrogen-bond donors (Lipinski definition) is 0. The van der Waals surface area contributed by atoms with Gasteiger partial charge in [-0.2, -0.15) is 0 Å². The molecule has 3 nitrogen and oxygen atoms in total. The van der Waals surface area contributed by atoms with Crippen LogP contribution in [-0.2, 0) is 13.0 Å². The van der Waals surface area contributed by atoms with Crippen LogP contribution in [0.5, 0.6) is 0 Å². The van der Waals surface area contributed by atoms with E-state index in [1.54, 1.807) is 0 Å². The van der Waals surface area contributed by atoms with Crippen LogP contribution in [0.2, 0.25) is 0 Å². The van der Waals surface area contributed by atoms with Gasteiger partial charge in [0.05, 0.1) is 11.4 Å². The summed E-state index contributed by atoms with van der Waals surface area (Å²) in [5, 5.41) is 0. The summed E-state index contributed by atoms with van der Waals surface area (Å²) in [6.07, 6.45) is 5.81. The Kier molecular flexibility index (Phi) is 5.24. The topological polar surface area (TPSA) is 29.0 Å². The zero-order chi connectivity index (χ0) is 14.4. The summed E-state index contributed by atoms with van der Waals surface area (Å²) in [7, 11) is 2.18. The number of nitrogens with zero attached hydrogens (tertiary/aromatic N) is 3. The molecule has 1 aromatic carbocycles. The van der Waals surface area contributed by atoms with Crippen LogP contribution in [0.4, 0.5) is 0 Å². The normalized spacial score (nSPS) is 12.6. The Morgan fingerprint density at radius 1 is 1.10 bits per heavy atom. The molecule has 0 amide bonds. The molecule has 3 heteroatoms. The lowest BCUT2D eigenvalue weighted by Gasteiger charge is -2.24. The van der Waals surface area contributed by atoms with Crippen molar-refractivity contribution in [2.45, 2.75) is 39.3 Å². The first-order valence-electron chi connectivity index (χ1n) is 7.17. The van der Waals surface area contributed by atoms with Crippen molar-refractivity contribution in [1.82, 2.24) is 14.9 Å². The monoisotopic (exact) mass is 269 g/mol. The van der Waals surface area contributed by atoms with Crippen LogP contribution in [0.15, 0.2) is 42.7 Å². The second-order valence-corrected chi connectivity index (χ2v) is 5.44. The highest BCUT2D eigenvalue weighted by molar-refractivity contribution is 5.14. The van der Waals surface area contributed by atoms with Gasteiger partial charge in [0.25, 0.3) is 0 Å². The molecule has 1 aromatic heterocycles. The minimum absolute atomic E-state index is 0.526. The molecule has 1 atom stereocenters. The van der Waals surface area contributed by atoms with E-state index in [4.69, 9.17) is 0 Å². The molecule has 0 aliphatic rings. The van der Waals surface area contributed by atoms with E-state index in [2.05, 4.69) is 59.2 Å². The number of benzene rings is 1. The predicted octanol–water partition coefficient (Wildman–Crippen LogP) is 3.24. The van der Waals surface area contributed by atoms with Gasteiger partial charge in [0.15, 0.2) is 0 Å². The van der Waals surface area contributed by atoms with Gasteiger partial charge in [0.1, 0.15) is 0 Å². The van der Waals surface area contributed by atoms with Gasteiger partial charge in [-0.05, 0) is 39.3 Å². The molecule has 0 fully saturated rings. The number of rotatable bonds is 6. The van der Waals surface area contributed by atoms with E-state index < -0.39 is 0 Å². The van der Waals surface area contributed by atoms with E-state index >= 15 is 0 Å². The molecular weight excluding hydrogens is 246 g/mol. The molecule has 106 valence electrons. The van der Waals surface area contributed by atoms with Crippen molar-refractivity contribution < 1.29 is 0 Å². The van der Waals surface area contributed by atoms with Crippen LogP contribution < -0.4 is 0 Å². The van der Waals surface area contributed by atoms with Gasteiger partial charge in [-0.1, -0.05) is 30.3 Å². The maximum absolute atomic E-state index is 4.41. The fraction of sp³-hybridized carbons (Fsp3) is 0.412. The molecule has 0 aliphatic carbocycles. The molecule has 0 unspecified atom stereocenters. The molecule has 0 bridgehead atoms. The highest BCUT2D eigenvalue weighted by Crippen LogP contribution is 2.10. The zero-order valence-electron chi connectivity index (χ0n) is 12.6. The van der Waals surface area contributed by atoms with Crippen LogP contribution in [0.1, 0.15) is 30.3 Å². The molecular formula is C17H23N3. The van der Waals surface area contributed by atoms with Crippen molar-refractivity contribution in [3.8, 4) is 0 Å². The van der Waals surface area contributed by atoms with Gasteiger partial charge in [0.2, 0.25) is 0 Å². The second-order valence-electron chi connectivity index (χ2n) is 5.44. The Morgan fingerprint density at radius 2 is 1.85 bits per heavy atom. The molecule has 2 rings (SSSR count). The Bertz CT molecular complexity index is 508. The average molecular weight is 269 g/mol. The number of aromatic nitrogens is 2. The molecule has 1 heterocycles. The van der Waals surface area contributed by atoms with Gasteiger partial charge in [-0.3, -0.25) is 14.9 Å². The average Bonchev–Trinajstić information content (AvgIpc) is 2.47. The first-order chi connectivity index (χ1) is 9.65. The van der Waals surface area contributed by atoms with Crippen molar-refractivity contribution in [3.05, 3.63) is 59.7 Å². The SMILES string of the molecule is Cc1cnc(CC[C@H](C)N(C)Cc2ccccc2)cn1. The number of aryl methyl sites for hydroxylation is 2.